The van der Waals surface area contributed by atoms with Crippen LogP contribution in [0, 0.1) is 11.6 Å². The van der Waals surface area contributed by atoms with Gasteiger partial charge in [0.2, 0.25) is 5.91 Å². The molecule has 0 bridgehead atoms. The summed E-state index contributed by atoms with van der Waals surface area (Å²) in [5, 5.41) is 0. The van der Waals surface area contributed by atoms with Gasteiger partial charge in [0, 0.05) is 17.5 Å². The quantitative estimate of drug-likeness (QED) is 0.487. The highest BCUT2D eigenvalue weighted by Gasteiger charge is 2.30. The van der Waals surface area contributed by atoms with Crippen LogP contribution in [0.4, 0.5) is 22.0 Å². The lowest BCUT2D eigenvalue weighted by Gasteiger charge is -2.32. The zero-order chi connectivity index (χ0) is 21.7. The highest BCUT2D eigenvalue weighted by molar-refractivity contribution is 8.00. The van der Waals surface area contributed by atoms with E-state index in [-0.39, 0.29) is 37.2 Å². The number of ether oxygens (including phenoxy) is 2. The van der Waals surface area contributed by atoms with E-state index >= 15 is 0 Å². The van der Waals surface area contributed by atoms with Gasteiger partial charge in [0.05, 0.1) is 24.5 Å². The number of nitrogens with zero attached hydrogens (tertiary/aromatic N) is 1. The minimum atomic E-state index is -4.40. The van der Waals surface area contributed by atoms with Gasteiger partial charge in [-0.25, -0.2) is 8.78 Å². The van der Waals surface area contributed by atoms with Gasteiger partial charge in [0.25, 0.3) is 0 Å². The Morgan fingerprint density at radius 1 is 1.17 bits per heavy atom. The molecule has 1 aliphatic rings. The molecule has 30 heavy (non-hydrogen) atoms. The van der Waals surface area contributed by atoms with Crippen molar-refractivity contribution in [3.05, 3.63) is 59.7 Å². The van der Waals surface area contributed by atoms with Gasteiger partial charge in [-0.15, -0.1) is 11.8 Å². The number of carbonyl (C=O) groups excluding carboxylic acids is 1. The average molecular weight is 447 g/mol. The van der Waals surface area contributed by atoms with Crippen molar-refractivity contribution in [3.8, 4) is 5.75 Å². The third kappa shape index (κ3) is 6.09. The van der Waals surface area contributed by atoms with E-state index in [4.69, 9.17) is 9.47 Å². The topological polar surface area (TPSA) is 38.8 Å². The molecule has 162 valence electrons. The molecule has 0 aromatic heterocycles. The van der Waals surface area contributed by atoms with E-state index < -0.39 is 29.5 Å². The molecule has 1 heterocycles. The molecular weight excluding hydrogens is 429 g/mol. The number of benzene rings is 2. The van der Waals surface area contributed by atoms with Crippen LogP contribution in [0.5, 0.6) is 5.75 Å². The number of thioether (sulfide) groups is 1. The second-order valence-corrected chi connectivity index (χ2v) is 7.58. The first-order valence-corrected chi connectivity index (χ1v) is 9.98. The minimum Gasteiger partial charge on any atom is -0.488 e. The number of alkyl halides is 3. The predicted octanol–water partition coefficient (Wildman–Crippen LogP) is 4.38. The summed E-state index contributed by atoms with van der Waals surface area (Å²) in [6.45, 7) is 0.771. The normalized spacial score (nSPS) is 17.1. The Bertz CT molecular complexity index is 876. The van der Waals surface area contributed by atoms with Crippen molar-refractivity contribution in [2.75, 3.05) is 32.1 Å². The summed E-state index contributed by atoms with van der Waals surface area (Å²) >= 11 is 1.13. The Balaban J connectivity index is 1.48. The lowest BCUT2D eigenvalue weighted by atomic mass is 10.2. The first-order chi connectivity index (χ1) is 14.2. The number of morpholine rings is 1. The van der Waals surface area contributed by atoms with E-state index in [1.807, 2.05) is 0 Å². The summed E-state index contributed by atoms with van der Waals surface area (Å²) < 4.78 is 75.4. The first kappa shape index (κ1) is 22.4. The van der Waals surface area contributed by atoms with Gasteiger partial charge in [-0.05, 0) is 36.4 Å². The molecule has 1 unspecified atom stereocenters. The SMILES string of the molecule is O=C(CSc1ccc(C(F)(F)F)cc1)N1CCOC(COc2cc(F)ccc2F)C1. The van der Waals surface area contributed by atoms with Gasteiger partial charge < -0.3 is 14.4 Å². The van der Waals surface area contributed by atoms with Crippen LogP contribution in [0.1, 0.15) is 5.56 Å². The van der Waals surface area contributed by atoms with Crippen LogP contribution in [0.3, 0.4) is 0 Å². The van der Waals surface area contributed by atoms with Crippen molar-refractivity contribution in [2.45, 2.75) is 17.2 Å². The summed E-state index contributed by atoms with van der Waals surface area (Å²) in [5.41, 5.74) is -0.746. The second kappa shape index (κ2) is 9.65. The third-order valence-electron chi connectivity index (χ3n) is 4.35. The highest BCUT2D eigenvalue weighted by atomic mass is 32.2. The van der Waals surface area contributed by atoms with Gasteiger partial charge in [0.1, 0.15) is 18.5 Å². The van der Waals surface area contributed by atoms with Gasteiger partial charge in [-0.2, -0.15) is 13.2 Å². The first-order valence-electron chi connectivity index (χ1n) is 8.99. The summed E-state index contributed by atoms with van der Waals surface area (Å²) in [6.07, 6.45) is -4.92. The molecule has 1 aliphatic heterocycles. The molecule has 1 amide bonds. The van der Waals surface area contributed by atoms with E-state index in [0.717, 1.165) is 42.1 Å². The Morgan fingerprint density at radius 2 is 1.90 bits per heavy atom. The minimum absolute atomic E-state index is 0.0530. The van der Waals surface area contributed by atoms with Gasteiger partial charge in [-0.1, -0.05) is 0 Å². The molecule has 3 rings (SSSR count). The molecule has 4 nitrogen and oxygen atoms in total. The van der Waals surface area contributed by atoms with Crippen molar-refractivity contribution in [1.82, 2.24) is 4.90 Å². The van der Waals surface area contributed by atoms with Crippen LogP contribution < -0.4 is 4.74 Å². The van der Waals surface area contributed by atoms with Crippen LogP contribution in [0.25, 0.3) is 0 Å². The van der Waals surface area contributed by atoms with Crippen LogP contribution in [0.15, 0.2) is 47.4 Å². The van der Waals surface area contributed by atoms with Crippen molar-refractivity contribution < 1.29 is 36.2 Å². The van der Waals surface area contributed by atoms with Crippen molar-refractivity contribution >= 4 is 17.7 Å². The van der Waals surface area contributed by atoms with E-state index in [1.165, 1.54) is 12.1 Å². The summed E-state index contributed by atoms with van der Waals surface area (Å²) in [7, 11) is 0. The fourth-order valence-electron chi connectivity index (χ4n) is 2.79. The molecule has 1 saturated heterocycles. The van der Waals surface area contributed by atoms with Gasteiger partial charge in [0.15, 0.2) is 11.6 Å². The van der Waals surface area contributed by atoms with Crippen LogP contribution >= 0.6 is 11.8 Å². The molecule has 1 atom stereocenters. The number of hydrogen-bond acceptors (Lipinski definition) is 4. The standard InChI is InChI=1S/C20H18F5NO3S/c21-14-3-6-17(22)18(9-14)29-11-15-10-26(7-8-28-15)19(27)12-30-16-4-1-13(2-5-16)20(23,24)25/h1-6,9,15H,7-8,10-12H2. The van der Waals surface area contributed by atoms with E-state index in [9.17, 15) is 26.7 Å². The Labute approximate surface area is 174 Å². The zero-order valence-electron chi connectivity index (χ0n) is 15.6. The molecule has 2 aromatic rings. The van der Waals surface area contributed by atoms with Gasteiger partial charge in [-0.3, -0.25) is 4.79 Å². The third-order valence-corrected chi connectivity index (χ3v) is 5.35. The summed E-state index contributed by atoms with van der Waals surface area (Å²) in [6, 6.07) is 7.46. The maximum Gasteiger partial charge on any atom is 0.416 e. The smallest absolute Gasteiger partial charge is 0.416 e. The largest absolute Gasteiger partial charge is 0.488 e. The number of halogens is 5. The van der Waals surface area contributed by atoms with E-state index in [2.05, 4.69) is 0 Å². The van der Waals surface area contributed by atoms with Crippen LogP contribution in [-0.4, -0.2) is 49.0 Å². The lowest BCUT2D eigenvalue weighted by Crippen LogP contribution is -2.48. The molecule has 0 spiro atoms. The van der Waals surface area contributed by atoms with Crippen LogP contribution in [0.2, 0.25) is 0 Å². The molecule has 0 saturated carbocycles. The zero-order valence-corrected chi connectivity index (χ0v) is 16.4. The number of amides is 1. The monoisotopic (exact) mass is 447 g/mol. The number of carbonyl (C=O) groups is 1. The lowest BCUT2D eigenvalue weighted by molar-refractivity contribution is -0.138. The molecular formula is C20H18F5NO3S. The molecule has 0 N–H and O–H groups in total. The van der Waals surface area contributed by atoms with Crippen molar-refractivity contribution in [2.24, 2.45) is 0 Å². The van der Waals surface area contributed by atoms with Crippen molar-refractivity contribution in [3.63, 3.8) is 0 Å². The molecule has 2 aromatic carbocycles. The summed E-state index contributed by atoms with van der Waals surface area (Å²) in [4.78, 5) is 14.5. The average Bonchev–Trinajstić information content (AvgIpc) is 2.72. The summed E-state index contributed by atoms with van der Waals surface area (Å²) in [5.74, 6) is -1.72. The molecule has 0 aliphatic carbocycles. The molecule has 1 fully saturated rings. The second-order valence-electron chi connectivity index (χ2n) is 6.53. The fourth-order valence-corrected chi connectivity index (χ4v) is 3.59. The predicted molar refractivity (Wildman–Crippen MR) is 100 cm³/mol. The fraction of sp³-hybridized carbons (Fsp3) is 0.350. The maximum atomic E-state index is 13.6. The van der Waals surface area contributed by atoms with Crippen LogP contribution in [-0.2, 0) is 15.7 Å². The van der Waals surface area contributed by atoms with Crippen molar-refractivity contribution in [1.29, 1.82) is 0 Å². The maximum absolute atomic E-state index is 13.6. The number of rotatable bonds is 6. The Morgan fingerprint density at radius 3 is 2.60 bits per heavy atom. The molecule has 0 radical (unpaired) electrons. The Kier molecular flexibility index (Phi) is 7.19. The number of hydrogen-bond donors (Lipinski definition) is 0. The van der Waals surface area contributed by atoms with Gasteiger partial charge >= 0.3 is 6.18 Å². The van der Waals surface area contributed by atoms with E-state index in [0.29, 0.717) is 11.4 Å². The highest BCUT2D eigenvalue weighted by Crippen LogP contribution is 2.30. The van der Waals surface area contributed by atoms with E-state index in [1.54, 1.807) is 4.90 Å². The molecule has 10 heteroatoms. The Hall–Kier alpha value is -2.33.